The number of rotatable bonds is 4. The van der Waals surface area contributed by atoms with Gasteiger partial charge in [0.25, 0.3) is 0 Å². The third-order valence-corrected chi connectivity index (χ3v) is 3.18. The fraction of sp³-hybridized carbons (Fsp3) is 0.300. The van der Waals surface area contributed by atoms with E-state index < -0.39 is 0 Å². The minimum atomic E-state index is -0.00757. The number of halogens is 2. The highest BCUT2D eigenvalue weighted by Gasteiger charge is 2.06. The standard InChI is InChI=1S/C10H10Cl2OS/c1-14-9-2-3-10(12)7(5-9)4-8(13)6-11/h2-3,5H,4,6H2,1H3. The molecule has 0 fully saturated rings. The van der Waals surface area contributed by atoms with Crippen molar-refractivity contribution in [1.29, 1.82) is 0 Å². The maximum Gasteiger partial charge on any atom is 0.152 e. The van der Waals surface area contributed by atoms with E-state index in [0.717, 1.165) is 10.5 Å². The van der Waals surface area contributed by atoms with Crippen molar-refractivity contribution in [3.63, 3.8) is 0 Å². The first-order valence-electron chi connectivity index (χ1n) is 4.07. The second-order valence-electron chi connectivity index (χ2n) is 2.81. The first-order chi connectivity index (χ1) is 6.67. The molecule has 76 valence electrons. The van der Waals surface area contributed by atoms with Gasteiger partial charge in [-0.05, 0) is 30.0 Å². The molecule has 0 amide bonds. The van der Waals surface area contributed by atoms with Crippen LogP contribution in [0.5, 0.6) is 0 Å². The predicted octanol–water partition coefficient (Wildman–Crippen LogP) is 3.41. The molecule has 0 aromatic heterocycles. The number of Topliss-reactive ketones (excluding diaryl/α,β-unsaturated/α-hetero) is 1. The van der Waals surface area contributed by atoms with Gasteiger partial charge in [-0.1, -0.05) is 11.6 Å². The van der Waals surface area contributed by atoms with Crippen molar-refractivity contribution in [3.8, 4) is 0 Å². The number of hydrogen-bond donors (Lipinski definition) is 0. The van der Waals surface area contributed by atoms with Gasteiger partial charge in [0.1, 0.15) is 0 Å². The molecule has 0 unspecified atom stereocenters. The molecule has 0 atom stereocenters. The molecule has 1 rings (SSSR count). The highest BCUT2D eigenvalue weighted by molar-refractivity contribution is 7.98. The number of ketones is 1. The molecule has 0 aliphatic rings. The van der Waals surface area contributed by atoms with Crippen LogP contribution >= 0.6 is 35.0 Å². The molecule has 0 saturated heterocycles. The molecular weight excluding hydrogens is 239 g/mol. The van der Waals surface area contributed by atoms with Crippen molar-refractivity contribution in [2.75, 3.05) is 12.1 Å². The van der Waals surface area contributed by atoms with Crippen molar-refractivity contribution in [1.82, 2.24) is 0 Å². The van der Waals surface area contributed by atoms with E-state index in [1.54, 1.807) is 11.8 Å². The summed E-state index contributed by atoms with van der Waals surface area (Å²) in [7, 11) is 0. The van der Waals surface area contributed by atoms with Gasteiger partial charge in [0.15, 0.2) is 5.78 Å². The van der Waals surface area contributed by atoms with Crippen molar-refractivity contribution in [3.05, 3.63) is 28.8 Å². The van der Waals surface area contributed by atoms with Crippen LogP contribution in [-0.4, -0.2) is 17.9 Å². The SMILES string of the molecule is CSc1ccc(Cl)c(CC(=O)CCl)c1. The first-order valence-corrected chi connectivity index (χ1v) is 6.21. The Morgan fingerprint density at radius 3 is 2.79 bits per heavy atom. The molecule has 1 nitrogen and oxygen atoms in total. The Bertz CT molecular complexity index is 339. The van der Waals surface area contributed by atoms with Crippen LogP contribution in [0.2, 0.25) is 5.02 Å². The Morgan fingerprint density at radius 1 is 1.50 bits per heavy atom. The molecule has 0 aliphatic carbocycles. The molecular formula is C10H10Cl2OS. The van der Waals surface area contributed by atoms with Crippen LogP contribution in [0, 0.1) is 0 Å². The summed E-state index contributed by atoms with van der Waals surface area (Å²) in [5.41, 5.74) is 0.851. The minimum absolute atomic E-state index is 0.00757. The molecule has 0 saturated carbocycles. The highest BCUT2D eigenvalue weighted by Crippen LogP contribution is 2.23. The fourth-order valence-corrected chi connectivity index (χ4v) is 1.82. The van der Waals surface area contributed by atoms with Gasteiger partial charge >= 0.3 is 0 Å². The van der Waals surface area contributed by atoms with E-state index in [4.69, 9.17) is 23.2 Å². The van der Waals surface area contributed by atoms with Gasteiger partial charge in [-0.15, -0.1) is 23.4 Å². The van der Waals surface area contributed by atoms with Crippen LogP contribution in [0.15, 0.2) is 23.1 Å². The molecule has 14 heavy (non-hydrogen) atoms. The van der Waals surface area contributed by atoms with Gasteiger partial charge in [0, 0.05) is 16.3 Å². The Kier molecular flexibility index (Phi) is 4.79. The van der Waals surface area contributed by atoms with Gasteiger partial charge in [0.05, 0.1) is 5.88 Å². The molecule has 0 N–H and O–H groups in total. The third-order valence-electron chi connectivity index (χ3n) is 1.79. The maximum atomic E-state index is 11.1. The average molecular weight is 249 g/mol. The van der Waals surface area contributed by atoms with Crippen LogP contribution in [0.1, 0.15) is 5.56 Å². The topological polar surface area (TPSA) is 17.1 Å². The van der Waals surface area contributed by atoms with Crippen molar-refractivity contribution >= 4 is 40.7 Å². The Morgan fingerprint density at radius 2 is 2.21 bits per heavy atom. The summed E-state index contributed by atoms with van der Waals surface area (Å²) in [5.74, 6) is 0.0339. The molecule has 0 heterocycles. The van der Waals surface area contributed by atoms with E-state index in [9.17, 15) is 4.79 Å². The molecule has 4 heteroatoms. The number of hydrogen-bond acceptors (Lipinski definition) is 2. The maximum absolute atomic E-state index is 11.1. The fourth-order valence-electron chi connectivity index (χ4n) is 1.07. The normalized spacial score (nSPS) is 10.2. The van der Waals surface area contributed by atoms with Crippen LogP contribution in [0.25, 0.3) is 0 Å². The minimum Gasteiger partial charge on any atom is -0.298 e. The summed E-state index contributed by atoms with van der Waals surface area (Å²) in [6.07, 6.45) is 2.30. The molecule has 0 aliphatic heterocycles. The van der Waals surface area contributed by atoms with Gasteiger partial charge in [-0.3, -0.25) is 4.79 Å². The highest BCUT2D eigenvalue weighted by atomic mass is 35.5. The van der Waals surface area contributed by atoms with Gasteiger partial charge in [0.2, 0.25) is 0 Å². The lowest BCUT2D eigenvalue weighted by Gasteiger charge is -2.04. The number of alkyl halides is 1. The largest absolute Gasteiger partial charge is 0.298 e. The van der Waals surface area contributed by atoms with Crippen LogP contribution < -0.4 is 0 Å². The van der Waals surface area contributed by atoms with Crippen molar-refractivity contribution in [2.45, 2.75) is 11.3 Å². The quantitative estimate of drug-likeness (QED) is 0.600. The number of carbonyl (C=O) groups is 1. The predicted molar refractivity (Wildman–Crippen MR) is 62.7 cm³/mol. The molecule has 0 radical (unpaired) electrons. The zero-order chi connectivity index (χ0) is 10.6. The molecule has 1 aromatic rings. The number of benzene rings is 1. The van der Waals surface area contributed by atoms with E-state index in [0.29, 0.717) is 11.4 Å². The van der Waals surface area contributed by atoms with E-state index in [1.807, 2.05) is 24.5 Å². The molecule has 1 aromatic carbocycles. The summed E-state index contributed by atoms with van der Waals surface area (Å²) in [6, 6.07) is 5.67. The summed E-state index contributed by atoms with van der Waals surface area (Å²) in [5, 5.41) is 0.626. The third kappa shape index (κ3) is 3.19. The Labute approximate surface area is 97.8 Å². The smallest absolute Gasteiger partial charge is 0.152 e. The summed E-state index contributed by atoms with van der Waals surface area (Å²) >= 11 is 13.0. The van der Waals surface area contributed by atoms with Gasteiger partial charge < -0.3 is 0 Å². The average Bonchev–Trinajstić information content (AvgIpc) is 2.21. The number of thioether (sulfide) groups is 1. The summed E-state index contributed by atoms with van der Waals surface area (Å²) < 4.78 is 0. The van der Waals surface area contributed by atoms with E-state index in [1.165, 1.54) is 0 Å². The van der Waals surface area contributed by atoms with Gasteiger partial charge in [-0.2, -0.15) is 0 Å². The zero-order valence-electron chi connectivity index (χ0n) is 7.72. The Balaban J connectivity index is 2.89. The second-order valence-corrected chi connectivity index (χ2v) is 4.36. The first kappa shape index (κ1) is 11.9. The zero-order valence-corrected chi connectivity index (χ0v) is 10.0. The lowest BCUT2D eigenvalue weighted by Crippen LogP contribution is -2.04. The van der Waals surface area contributed by atoms with E-state index >= 15 is 0 Å². The van der Waals surface area contributed by atoms with Crippen molar-refractivity contribution < 1.29 is 4.79 Å². The van der Waals surface area contributed by atoms with Gasteiger partial charge in [-0.25, -0.2) is 0 Å². The lowest BCUT2D eigenvalue weighted by molar-refractivity contribution is -0.116. The van der Waals surface area contributed by atoms with E-state index in [2.05, 4.69) is 0 Å². The Hall–Kier alpha value is -0.180. The summed E-state index contributed by atoms with van der Waals surface area (Å²) in [4.78, 5) is 12.2. The number of carbonyl (C=O) groups excluding carboxylic acids is 1. The van der Waals surface area contributed by atoms with Crippen LogP contribution in [0.3, 0.4) is 0 Å². The van der Waals surface area contributed by atoms with E-state index in [-0.39, 0.29) is 11.7 Å². The second kappa shape index (κ2) is 5.64. The molecule has 0 bridgehead atoms. The van der Waals surface area contributed by atoms with Crippen LogP contribution in [0.4, 0.5) is 0 Å². The monoisotopic (exact) mass is 248 g/mol. The van der Waals surface area contributed by atoms with Crippen LogP contribution in [-0.2, 0) is 11.2 Å². The van der Waals surface area contributed by atoms with Crippen molar-refractivity contribution in [2.24, 2.45) is 0 Å². The summed E-state index contributed by atoms with van der Waals surface area (Å²) in [6.45, 7) is 0. The lowest BCUT2D eigenvalue weighted by atomic mass is 10.1. The molecule has 0 spiro atoms.